The first-order chi connectivity index (χ1) is 10.0. The molecule has 4 nitrogen and oxygen atoms in total. The Labute approximate surface area is 124 Å². The van der Waals surface area contributed by atoms with E-state index in [0.717, 1.165) is 31.7 Å². The average molecular weight is 295 g/mol. The van der Waals surface area contributed by atoms with Gasteiger partial charge in [-0.15, -0.1) is 0 Å². The molecule has 0 aliphatic heterocycles. The lowest BCUT2D eigenvalue weighted by atomic mass is 9.94. The molecule has 5 heteroatoms. The van der Waals surface area contributed by atoms with Crippen LogP contribution in [0.2, 0.25) is 0 Å². The number of methoxy groups -OCH3 is 1. The summed E-state index contributed by atoms with van der Waals surface area (Å²) in [7, 11) is 1.43. The minimum atomic E-state index is -0.854. The van der Waals surface area contributed by atoms with Crippen LogP contribution in [0.1, 0.15) is 48.9 Å². The summed E-state index contributed by atoms with van der Waals surface area (Å²) < 4.78 is 18.4. The third-order valence-corrected chi connectivity index (χ3v) is 4.02. The van der Waals surface area contributed by atoms with E-state index in [-0.39, 0.29) is 12.1 Å². The Bertz CT molecular complexity index is 496. The van der Waals surface area contributed by atoms with Gasteiger partial charge >= 0.3 is 0 Å². The first-order valence-corrected chi connectivity index (χ1v) is 7.38. The number of hydrogen-bond acceptors (Lipinski definition) is 3. The second-order valence-corrected chi connectivity index (χ2v) is 5.67. The fourth-order valence-electron chi connectivity index (χ4n) is 2.76. The minimum absolute atomic E-state index is 0.148. The third kappa shape index (κ3) is 4.17. The van der Waals surface area contributed by atoms with Gasteiger partial charge in [0.15, 0.2) is 0 Å². The van der Waals surface area contributed by atoms with E-state index < -0.39 is 17.3 Å². The SMILES string of the molecule is COc1ccc(F)cc1C(=O)NCC1(O)CCCCCC1. The zero-order valence-electron chi connectivity index (χ0n) is 12.3. The smallest absolute Gasteiger partial charge is 0.255 e. The summed E-state index contributed by atoms with van der Waals surface area (Å²) in [6.45, 7) is 0.186. The van der Waals surface area contributed by atoms with Crippen LogP contribution < -0.4 is 10.1 Å². The highest BCUT2D eigenvalue weighted by molar-refractivity contribution is 5.96. The van der Waals surface area contributed by atoms with E-state index in [0.29, 0.717) is 18.6 Å². The number of ether oxygens (including phenoxy) is 1. The molecule has 1 saturated carbocycles. The molecule has 0 unspecified atom stereocenters. The molecule has 2 rings (SSSR count). The van der Waals surface area contributed by atoms with E-state index >= 15 is 0 Å². The Balaban J connectivity index is 2.02. The van der Waals surface area contributed by atoms with Crippen molar-refractivity contribution < 1.29 is 19.0 Å². The number of aliphatic hydroxyl groups is 1. The number of hydrogen-bond donors (Lipinski definition) is 2. The Kier molecular flexibility index (Phi) is 5.17. The van der Waals surface area contributed by atoms with Crippen molar-refractivity contribution in [1.82, 2.24) is 5.32 Å². The zero-order chi connectivity index (χ0) is 15.3. The molecule has 0 heterocycles. The summed E-state index contributed by atoms with van der Waals surface area (Å²) >= 11 is 0. The maximum absolute atomic E-state index is 13.3. The topological polar surface area (TPSA) is 58.6 Å². The molecule has 1 aromatic rings. The van der Waals surface area contributed by atoms with E-state index in [4.69, 9.17) is 4.74 Å². The van der Waals surface area contributed by atoms with Gasteiger partial charge in [0.1, 0.15) is 11.6 Å². The fraction of sp³-hybridized carbons (Fsp3) is 0.562. The molecule has 21 heavy (non-hydrogen) atoms. The highest BCUT2D eigenvalue weighted by Crippen LogP contribution is 2.26. The monoisotopic (exact) mass is 295 g/mol. The molecule has 0 aromatic heterocycles. The maximum Gasteiger partial charge on any atom is 0.255 e. The van der Waals surface area contributed by atoms with Gasteiger partial charge in [0, 0.05) is 6.54 Å². The Morgan fingerprint density at radius 1 is 1.33 bits per heavy atom. The number of rotatable bonds is 4. The molecular weight excluding hydrogens is 273 g/mol. The molecule has 1 aliphatic rings. The van der Waals surface area contributed by atoms with Gasteiger partial charge in [-0.25, -0.2) is 4.39 Å². The normalized spacial score (nSPS) is 17.9. The van der Waals surface area contributed by atoms with Crippen molar-refractivity contribution in [3.8, 4) is 5.75 Å². The van der Waals surface area contributed by atoms with Crippen LogP contribution in [0.3, 0.4) is 0 Å². The van der Waals surface area contributed by atoms with Gasteiger partial charge in [-0.1, -0.05) is 25.7 Å². The van der Waals surface area contributed by atoms with Gasteiger partial charge < -0.3 is 15.2 Å². The van der Waals surface area contributed by atoms with Crippen molar-refractivity contribution in [2.24, 2.45) is 0 Å². The Morgan fingerprint density at radius 2 is 2.00 bits per heavy atom. The van der Waals surface area contributed by atoms with Gasteiger partial charge in [-0.3, -0.25) is 4.79 Å². The number of carbonyl (C=O) groups is 1. The van der Waals surface area contributed by atoms with Crippen molar-refractivity contribution in [2.45, 2.75) is 44.1 Å². The molecule has 0 radical (unpaired) electrons. The van der Waals surface area contributed by atoms with Crippen LogP contribution in [0.25, 0.3) is 0 Å². The van der Waals surface area contributed by atoms with Gasteiger partial charge in [0.2, 0.25) is 0 Å². The molecule has 116 valence electrons. The predicted octanol–water partition coefficient (Wildman–Crippen LogP) is 2.65. The van der Waals surface area contributed by atoms with Crippen LogP contribution in [0, 0.1) is 5.82 Å². The summed E-state index contributed by atoms with van der Waals surface area (Å²) in [5.41, 5.74) is -0.707. The molecule has 1 fully saturated rings. The molecule has 1 aliphatic carbocycles. The lowest BCUT2D eigenvalue weighted by Gasteiger charge is -2.26. The second kappa shape index (κ2) is 6.89. The number of amides is 1. The molecular formula is C16H22FNO3. The van der Waals surface area contributed by atoms with E-state index in [1.165, 1.54) is 19.2 Å². The molecule has 2 N–H and O–H groups in total. The quantitative estimate of drug-likeness (QED) is 0.840. The summed E-state index contributed by atoms with van der Waals surface area (Å²) in [5, 5.41) is 13.2. The number of halogens is 1. The van der Waals surface area contributed by atoms with Gasteiger partial charge in [0.05, 0.1) is 18.3 Å². The van der Waals surface area contributed by atoms with E-state index in [9.17, 15) is 14.3 Å². The lowest BCUT2D eigenvalue weighted by molar-refractivity contribution is 0.0246. The zero-order valence-corrected chi connectivity index (χ0v) is 12.3. The van der Waals surface area contributed by atoms with Gasteiger partial charge in [-0.05, 0) is 31.0 Å². The largest absolute Gasteiger partial charge is 0.496 e. The molecule has 0 bridgehead atoms. The average Bonchev–Trinajstić information content (AvgIpc) is 2.70. The molecule has 1 amide bonds. The minimum Gasteiger partial charge on any atom is -0.496 e. The Morgan fingerprint density at radius 3 is 2.62 bits per heavy atom. The van der Waals surface area contributed by atoms with Crippen LogP contribution in [0.4, 0.5) is 4.39 Å². The van der Waals surface area contributed by atoms with E-state index in [1.54, 1.807) is 0 Å². The van der Waals surface area contributed by atoms with Crippen LogP contribution >= 0.6 is 0 Å². The third-order valence-electron chi connectivity index (χ3n) is 4.02. The summed E-state index contributed by atoms with van der Waals surface area (Å²) in [6, 6.07) is 3.81. The first-order valence-electron chi connectivity index (χ1n) is 7.38. The molecule has 0 atom stereocenters. The highest BCUT2D eigenvalue weighted by atomic mass is 19.1. The fourth-order valence-corrected chi connectivity index (χ4v) is 2.76. The van der Waals surface area contributed by atoms with Gasteiger partial charge in [-0.2, -0.15) is 0 Å². The van der Waals surface area contributed by atoms with Crippen molar-refractivity contribution in [3.63, 3.8) is 0 Å². The van der Waals surface area contributed by atoms with Crippen molar-refractivity contribution in [2.75, 3.05) is 13.7 Å². The second-order valence-electron chi connectivity index (χ2n) is 5.67. The summed E-state index contributed by atoms with van der Waals surface area (Å²) in [4.78, 5) is 12.2. The molecule has 1 aromatic carbocycles. The van der Waals surface area contributed by atoms with Crippen LogP contribution in [0.15, 0.2) is 18.2 Å². The maximum atomic E-state index is 13.3. The summed E-state index contributed by atoms with van der Waals surface area (Å²) in [6.07, 6.45) is 5.55. The van der Waals surface area contributed by atoms with Crippen molar-refractivity contribution in [3.05, 3.63) is 29.6 Å². The number of carbonyl (C=O) groups excluding carboxylic acids is 1. The molecule has 0 spiro atoms. The lowest BCUT2D eigenvalue weighted by Crippen LogP contribution is -2.42. The summed E-state index contributed by atoms with van der Waals surface area (Å²) in [5.74, 6) is -0.597. The highest BCUT2D eigenvalue weighted by Gasteiger charge is 2.28. The van der Waals surface area contributed by atoms with Crippen LogP contribution in [-0.4, -0.2) is 30.3 Å². The van der Waals surface area contributed by atoms with Crippen molar-refractivity contribution in [1.29, 1.82) is 0 Å². The standard InChI is InChI=1S/C16H22FNO3/c1-21-14-7-6-12(17)10-13(14)15(19)18-11-16(20)8-4-2-3-5-9-16/h6-7,10,20H,2-5,8-9,11H2,1H3,(H,18,19). The van der Waals surface area contributed by atoms with Crippen molar-refractivity contribution >= 4 is 5.91 Å². The van der Waals surface area contributed by atoms with Crippen LogP contribution in [0.5, 0.6) is 5.75 Å². The number of nitrogens with one attached hydrogen (secondary N) is 1. The van der Waals surface area contributed by atoms with E-state index in [2.05, 4.69) is 5.32 Å². The molecule has 0 saturated heterocycles. The van der Waals surface area contributed by atoms with E-state index in [1.807, 2.05) is 0 Å². The van der Waals surface area contributed by atoms with Gasteiger partial charge in [0.25, 0.3) is 5.91 Å². The first kappa shape index (κ1) is 15.8. The Hall–Kier alpha value is -1.62. The predicted molar refractivity (Wildman–Crippen MR) is 77.9 cm³/mol. The number of benzene rings is 1. The van der Waals surface area contributed by atoms with Crippen LogP contribution in [-0.2, 0) is 0 Å².